The molecule has 0 spiro atoms. The first kappa shape index (κ1) is 23.1. The van der Waals surface area contributed by atoms with Crippen LogP contribution in [0, 0.1) is 5.41 Å². The lowest BCUT2D eigenvalue weighted by molar-refractivity contribution is 0.0623. The van der Waals surface area contributed by atoms with E-state index in [9.17, 15) is 13.2 Å². The van der Waals surface area contributed by atoms with E-state index in [4.69, 9.17) is 11.6 Å². The summed E-state index contributed by atoms with van der Waals surface area (Å²) in [5.41, 5.74) is 0.521. The van der Waals surface area contributed by atoms with Crippen molar-refractivity contribution in [2.24, 2.45) is 5.41 Å². The van der Waals surface area contributed by atoms with Crippen molar-refractivity contribution in [3.05, 3.63) is 28.8 Å². The van der Waals surface area contributed by atoms with Crippen LogP contribution < -0.4 is 4.72 Å². The van der Waals surface area contributed by atoms with E-state index in [1.807, 2.05) is 0 Å². The fourth-order valence-electron chi connectivity index (χ4n) is 3.05. The molecular formula is C20H32ClN3O3S. The van der Waals surface area contributed by atoms with Gasteiger partial charge in [-0.1, -0.05) is 32.4 Å². The number of amides is 1. The average molecular weight is 430 g/mol. The van der Waals surface area contributed by atoms with Crippen molar-refractivity contribution in [2.75, 3.05) is 32.7 Å². The number of benzene rings is 1. The van der Waals surface area contributed by atoms with Crippen molar-refractivity contribution in [3.8, 4) is 0 Å². The van der Waals surface area contributed by atoms with Crippen molar-refractivity contribution in [2.45, 2.75) is 52.0 Å². The zero-order chi connectivity index (χ0) is 21.1. The Balaban J connectivity index is 2.08. The maximum absolute atomic E-state index is 13.0. The SMILES string of the molecule is CC(C)NS(=O)(=O)c1ccc(Cl)c(C(=O)N2CCN(CCC(C)(C)C)CC2)c1. The monoisotopic (exact) mass is 429 g/mol. The maximum atomic E-state index is 13.0. The summed E-state index contributed by atoms with van der Waals surface area (Å²) in [4.78, 5) is 17.1. The molecule has 28 heavy (non-hydrogen) atoms. The van der Waals surface area contributed by atoms with Crippen molar-refractivity contribution in [1.82, 2.24) is 14.5 Å². The summed E-state index contributed by atoms with van der Waals surface area (Å²) in [6.45, 7) is 14.0. The lowest BCUT2D eigenvalue weighted by atomic mass is 9.92. The first-order valence-corrected chi connectivity index (χ1v) is 11.6. The highest BCUT2D eigenvalue weighted by Gasteiger charge is 2.26. The van der Waals surface area contributed by atoms with Crippen LogP contribution in [0.25, 0.3) is 0 Å². The van der Waals surface area contributed by atoms with Crippen LogP contribution in [0.1, 0.15) is 51.4 Å². The number of nitrogens with one attached hydrogen (secondary N) is 1. The van der Waals surface area contributed by atoms with Gasteiger partial charge in [0.1, 0.15) is 0 Å². The smallest absolute Gasteiger partial charge is 0.255 e. The Labute approximate surface area is 174 Å². The first-order valence-electron chi connectivity index (χ1n) is 9.72. The molecule has 1 aliphatic heterocycles. The Hall–Kier alpha value is -1.15. The summed E-state index contributed by atoms with van der Waals surface area (Å²) >= 11 is 6.22. The topological polar surface area (TPSA) is 69.7 Å². The van der Waals surface area contributed by atoms with Gasteiger partial charge in [-0.3, -0.25) is 9.69 Å². The van der Waals surface area contributed by atoms with Crippen LogP contribution >= 0.6 is 11.6 Å². The molecule has 0 aromatic heterocycles. The van der Waals surface area contributed by atoms with E-state index in [0.717, 1.165) is 26.1 Å². The average Bonchev–Trinajstić information content (AvgIpc) is 2.58. The van der Waals surface area contributed by atoms with Gasteiger partial charge in [-0.05, 0) is 50.4 Å². The van der Waals surface area contributed by atoms with Crippen molar-refractivity contribution < 1.29 is 13.2 Å². The molecule has 0 atom stereocenters. The van der Waals surface area contributed by atoms with E-state index in [0.29, 0.717) is 13.1 Å². The largest absolute Gasteiger partial charge is 0.336 e. The Kier molecular flexibility index (Phi) is 7.53. The highest BCUT2D eigenvalue weighted by molar-refractivity contribution is 7.89. The molecule has 158 valence electrons. The van der Waals surface area contributed by atoms with E-state index in [1.165, 1.54) is 18.2 Å². The maximum Gasteiger partial charge on any atom is 0.255 e. The minimum absolute atomic E-state index is 0.0535. The number of rotatable bonds is 6. The van der Waals surface area contributed by atoms with Crippen LogP contribution in [-0.2, 0) is 10.0 Å². The van der Waals surface area contributed by atoms with Gasteiger partial charge in [0.2, 0.25) is 10.0 Å². The number of hydrogen-bond donors (Lipinski definition) is 1. The number of hydrogen-bond acceptors (Lipinski definition) is 4. The van der Waals surface area contributed by atoms with E-state index < -0.39 is 10.0 Å². The lowest BCUT2D eigenvalue weighted by Gasteiger charge is -2.36. The van der Waals surface area contributed by atoms with Crippen molar-refractivity contribution in [3.63, 3.8) is 0 Å². The van der Waals surface area contributed by atoms with Gasteiger partial charge in [0.25, 0.3) is 5.91 Å². The molecule has 2 rings (SSSR count). The first-order chi connectivity index (χ1) is 12.9. The second-order valence-corrected chi connectivity index (χ2v) is 11.0. The third-order valence-corrected chi connectivity index (χ3v) is 6.69. The molecule has 1 saturated heterocycles. The third-order valence-electron chi connectivity index (χ3n) is 4.71. The van der Waals surface area contributed by atoms with Crippen molar-refractivity contribution >= 4 is 27.5 Å². The zero-order valence-corrected chi connectivity index (χ0v) is 19.0. The molecule has 0 radical (unpaired) electrons. The lowest BCUT2D eigenvalue weighted by Crippen LogP contribution is -2.49. The van der Waals surface area contributed by atoms with Gasteiger partial charge < -0.3 is 4.90 Å². The molecule has 6 nitrogen and oxygen atoms in total. The van der Waals surface area contributed by atoms with Crippen molar-refractivity contribution in [1.29, 1.82) is 0 Å². The Bertz CT molecular complexity index is 795. The molecule has 0 unspecified atom stereocenters. The van der Waals surface area contributed by atoms with Crippen LogP contribution in [0.15, 0.2) is 23.1 Å². The molecule has 1 aromatic rings. The Morgan fingerprint density at radius 2 is 1.79 bits per heavy atom. The van der Waals surface area contributed by atoms with Gasteiger partial charge in [-0.15, -0.1) is 0 Å². The number of carbonyl (C=O) groups excluding carboxylic acids is 1. The van der Waals surface area contributed by atoms with Crippen LogP contribution in [0.4, 0.5) is 0 Å². The minimum Gasteiger partial charge on any atom is -0.336 e. The number of halogens is 1. The van der Waals surface area contributed by atoms with Gasteiger partial charge in [-0.2, -0.15) is 0 Å². The second kappa shape index (κ2) is 9.11. The summed E-state index contributed by atoms with van der Waals surface area (Å²) in [7, 11) is -3.68. The predicted octanol–water partition coefficient (Wildman–Crippen LogP) is 3.22. The van der Waals surface area contributed by atoms with E-state index in [2.05, 4.69) is 30.4 Å². The minimum atomic E-state index is -3.68. The van der Waals surface area contributed by atoms with E-state index in [-0.39, 0.29) is 32.8 Å². The molecule has 1 aromatic carbocycles. The molecular weight excluding hydrogens is 398 g/mol. The molecule has 1 N–H and O–H groups in total. The van der Waals surface area contributed by atoms with Crippen LogP contribution in [0.2, 0.25) is 5.02 Å². The molecule has 8 heteroatoms. The summed E-state index contributed by atoms with van der Waals surface area (Å²) < 4.78 is 27.4. The molecule has 0 saturated carbocycles. The predicted molar refractivity (Wildman–Crippen MR) is 113 cm³/mol. The number of nitrogens with zero attached hydrogens (tertiary/aromatic N) is 2. The molecule has 0 bridgehead atoms. The van der Waals surface area contributed by atoms with Gasteiger partial charge in [0.15, 0.2) is 0 Å². The molecule has 0 aliphatic carbocycles. The van der Waals surface area contributed by atoms with Gasteiger partial charge in [-0.25, -0.2) is 13.1 Å². The quantitative estimate of drug-likeness (QED) is 0.753. The summed E-state index contributed by atoms with van der Waals surface area (Å²) in [5, 5.41) is 0.267. The fourth-order valence-corrected chi connectivity index (χ4v) is 4.53. The summed E-state index contributed by atoms with van der Waals surface area (Å²) in [6.07, 6.45) is 1.11. The highest BCUT2D eigenvalue weighted by atomic mass is 35.5. The molecule has 1 fully saturated rings. The number of carbonyl (C=O) groups is 1. The Morgan fingerprint density at radius 3 is 2.32 bits per heavy atom. The second-order valence-electron chi connectivity index (χ2n) is 8.86. The van der Waals surface area contributed by atoms with Crippen LogP contribution in [0.3, 0.4) is 0 Å². The number of piperazine rings is 1. The van der Waals surface area contributed by atoms with Gasteiger partial charge in [0.05, 0.1) is 15.5 Å². The van der Waals surface area contributed by atoms with Gasteiger partial charge in [0, 0.05) is 32.2 Å². The standard InChI is InChI=1S/C20H32ClN3O3S/c1-15(2)22-28(26,27)16-6-7-18(21)17(14-16)19(25)24-12-10-23(11-13-24)9-8-20(3,4)5/h6-7,14-15,22H,8-13H2,1-5H3. The Morgan fingerprint density at radius 1 is 1.18 bits per heavy atom. The zero-order valence-electron chi connectivity index (χ0n) is 17.5. The van der Waals surface area contributed by atoms with E-state index in [1.54, 1.807) is 18.7 Å². The summed E-state index contributed by atoms with van der Waals surface area (Å²) in [5.74, 6) is -0.220. The summed E-state index contributed by atoms with van der Waals surface area (Å²) in [6, 6.07) is 4.04. The number of sulfonamides is 1. The molecule has 1 aliphatic rings. The van der Waals surface area contributed by atoms with Gasteiger partial charge >= 0.3 is 0 Å². The normalized spacial score (nSPS) is 16.6. The fraction of sp³-hybridized carbons (Fsp3) is 0.650. The third kappa shape index (κ3) is 6.44. The van der Waals surface area contributed by atoms with Crippen LogP contribution in [-0.4, -0.2) is 62.9 Å². The van der Waals surface area contributed by atoms with E-state index >= 15 is 0 Å². The van der Waals surface area contributed by atoms with Crippen LogP contribution in [0.5, 0.6) is 0 Å². The highest BCUT2D eigenvalue weighted by Crippen LogP contribution is 2.23. The molecule has 1 heterocycles. The molecule has 1 amide bonds.